The topological polar surface area (TPSA) is 102 Å². The van der Waals surface area contributed by atoms with Gasteiger partial charge in [0.05, 0.1) is 44.4 Å². The summed E-state index contributed by atoms with van der Waals surface area (Å²) in [6, 6.07) is 10.8. The van der Waals surface area contributed by atoms with E-state index in [9.17, 15) is 14.7 Å². The number of furan rings is 2. The fraction of sp³-hybridized carbons (Fsp3) is 0.280. The third kappa shape index (κ3) is 4.37. The van der Waals surface area contributed by atoms with Gasteiger partial charge in [0.25, 0.3) is 5.91 Å². The lowest BCUT2D eigenvalue weighted by Gasteiger charge is -2.26. The van der Waals surface area contributed by atoms with Crippen LogP contribution in [0.25, 0.3) is 0 Å². The molecule has 0 aliphatic carbocycles. The van der Waals surface area contributed by atoms with E-state index in [1.54, 1.807) is 36.4 Å². The maximum atomic E-state index is 13.2. The molecule has 1 amide bonds. The maximum Gasteiger partial charge on any atom is 0.290 e. The van der Waals surface area contributed by atoms with Crippen molar-refractivity contribution < 1.29 is 33.0 Å². The number of carbonyl (C=O) groups is 2. The van der Waals surface area contributed by atoms with Crippen LogP contribution in [0, 0.1) is 0 Å². The van der Waals surface area contributed by atoms with Gasteiger partial charge in [-0.15, -0.1) is 0 Å². The van der Waals surface area contributed by atoms with Crippen LogP contribution in [0.1, 0.15) is 47.7 Å². The molecule has 1 aromatic carbocycles. The predicted molar refractivity (Wildman–Crippen MR) is 118 cm³/mol. The second kappa shape index (κ2) is 9.68. The van der Waals surface area contributed by atoms with E-state index in [-0.39, 0.29) is 17.9 Å². The molecule has 2 aromatic heterocycles. The van der Waals surface area contributed by atoms with Gasteiger partial charge in [-0.2, -0.15) is 0 Å². The number of Topliss-reactive ketones (excluding diaryl/α,β-unsaturated/α-hetero) is 1. The third-order valence-electron chi connectivity index (χ3n) is 5.46. The van der Waals surface area contributed by atoms with Crippen molar-refractivity contribution >= 4 is 11.7 Å². The highest BCUT2D eigenvalue weighted by Gasteiger charge is 2.45. The Bertz CT molecular complexity index is 1150. The molecule has 0 unspecified atom stereocenters. The lowest BCUT2D eigenvalue weighted by molar-refractivity contribution is -0.130. The second-order valence-corrected chi connectivity index (χ2v) is 7.60. The minimum Gasteiger partial charge on any atom is -0.503 e. The zero-order valence-corrected chi connectivity index (χ0v) is 18.4. The first-order valence-electron chi connectivity index (χ1n) is 10.7. The molecule has 0 bridgehead atoms. The minimum atomic E-state index is -0.876. The molecule has 1 aliphatic heterocycles. The summed E-state index contributed by atoms with van der Waals surface area (Å²) >= 11 is 0. The molecule has 4 rings (SSSR count). The lowest BCUT2D eigenvalue weighted by atomic mass is 9.94. The largest absolute Gasteiger partial charge is 0.503 e. The number of unbranched alkanes of at least 4 members (excludes halogenated alkanes) is 1. The number of benzene rings is 1. The molecular formula is C25H25NO7. The van der Waals surface area contributed by atoms with Crippen molar-refractivity contribution in [1.29, 1.82) is 0 Å². The van der Waals surface area contributed by atoms with Crippen LogP contribution < -0.4 is 9.47 Å². The van der Waals surface area contributed by atoms with Gasteiger partial charge in [0.15, 0.2) is 23.0 Å². The predicted octanol–water partition coefficient (Wildman–Crippen LogP) is 4.84. The summed E-state index contributed by atoms with van der Waals surface area (Å²) in [6.07, 6.45) is 4.76. The Kier molecular flexibility index (Phi) is 6.53. The molecule has 0 fully saturated rings. The highest BCUT2D eigenvalue weighted by atomic mass is 16.5. The second-order valence-electron chi connectivity index (χ2n) is 7.60. The Balaban J connectivity index is 1.76. The number of ketones is 1. The standard InChI is InChI=1S/C25H25NO7/c1-3-4-11-32-18-10-9-16(14-20(18)30-2)22-21(23(27)19-8-6-13-33-19)24(28)25(29)26(22)15-17-7-5-12-31-17/h5-10,12-14,22,28H,3-4,11,15H2,1-2H3/t22-/m1/s1. The summed E-state index contributed by atoms with van der Waals surface area (Å²) in [6.45, 7) is 2.68. The fourth-order valence-electron chi connectivity index (χ4n) is 3.81. The van der Waals surface area contributed by atoms with E-state index in [4.69, 9.17) is 18.3 Å². The smallest absolute Gasteiger partial charge is 0.290 e. The molecular weight excluding hydrogens is 426 g/mol. The Morgan fingerprint density at radius 3 is 2.58 bits per heavy atom. The van der Waals surface area contributed by atoms with Crippen molar-refractivity contribution in [3.8, 4) is 11.5 Å². The van der Waals surface area contributed by atoms with Crippen molar-refractivity contribution in [2.24, 2.45) is 0 Å². The molecule has 33 heavy (non-hydrogen) atoms. The van der Waals surface area contributed by atoms with E-state index < -0.39 is 23.5 Å². The number of hydrogen-bond donors (Lipinski definition) is 1. The third-order valence-corrected chi connectivity index (χ3v) is 5.46. The van der Waals surface area contributed by atoms with E-state index in [0.717, 1.165) is 12.8 Å². The monoisotopic (exact) mass is 451 g/mol. The molecule has 3 heterocycles. The number of aliphatic hydroxyl groups excluding tert-OH is 1. The van der Waals surface area contributed by atoms with Gasteiger partial charge in [-0.3, -0.25) is 9.59 Å². The highest BCUT2D eigenvalue weighted by molar-refractivity contribution is 6.15. The van der Waals surface area contributed by atoms with Crippen LogP contribution in [0.2, 0.25) is 0 Å². The molecule has 1 N–H and O–H groups in total. The van der Waals surface area contributed by atoms with Crippen LogP contribution >= 0.6 is 0 Å². The molecule has 3 aromatic rings. The Hall–Kier alpha value is -3.94. The lowest BCUT2D eigenvalue weighted by Crippen LogP contribution is -2.30. The van der Waals surface area contributed by atoms with Crippen LogP contribution in [0.5, 0.6) is 11.5 Å². The van der Waals surface area contributed by atoms with Crippen LogP contribution in [-0.2, 0) is 11.3 Å². The summed E-state index contributed by atoms with van der Waals surface area (Å²) in [5, 5.41) is 10.7. The van der Waals surface area contributed by atoms with Gasteiger partial charge >= 0.3 is 0 Å². The summed E-state index contributed by atoms with van der Waals surface area (Å²) in [5.74, 6) is -0.294. The number of methoxy groups -OCH3 is 1. The van der Waals surface area contributed by atoms with Crippen LogP contribution in [0.4, 0.5) is 0 Å². The zero-order chi connectivity index (χ0) is 23.4. The fourth-order valence-corrected chi connectivity index (χ4v) is 3.81. The van der Waals surface area contributed by atoms with Gasteiger partial charge in [-0.25, -0.2) is 0 Å². The highest BCUT2D eigenvalue weighted by Crippen LogP contribution is 2.42. The van der Waals surface area contributed by atoms with Gasteiger partial charge in [0, 0.05) is 0 Å². The van der Waals surface area contributed by atoms with Crippen molar-refractivity contribution in [2.75, 3.05) is 13.7 Å². The summed E-state index contributed by atoms with van der Waals surface area (Å²) < 4.78 is 22.0. The molecule has 1 atom stereocenters. The van der Waals surface area contributed by atoms with E-state index in [2.05, 4.69) is 6.92 Å². The average Bonchev–Trinajstić information content (AvgIpc) is 3.58. The van der Waals surface area contributed by atoms with Crippen molar-refractivity contribution in [2.45, 2.75) is 32.4 Å². The number of aliphatic hydroxyl groups is 1. The van der Waals surface area contributed by atoms with Gasteiger partial charge < -0.3 is 28.3 Å². The first kappa shape index (κ1) is 22.3. The molecule has 0 saturated carbocycles. The molecule has 8 heteroatoms. The molecule has 0 radical (unpaired) electrons. The number of amides is 1. The number of rotatable bonds is 10. The molecule has 0 spiro atoms. The molecule has 1 aliphatic rings. The van der Waals surface area contributed by atoms with Gasteiger partial charge in [-0.05, 0) is 48.4 Å². The Labute approximate surface area is 191 Å². The normalized spacial score (nSPS) is 15.9. The van der Waals surface area contributed by atoms with E-state index in [0.29, 0.717) is 29.4 Å². The van der Waals surface area contributed by atoms with Crippen molar-refractivity contribution in [1.82, 2.24) is 4.90 Å². The van der Waals surface area contributed by atoms with Gasteiger partial charge in [0.1, 0.15) is 5.76 Å². The van der Waals surface area contributed by atoms with E-state index >= 15 is 0 Å². The van der Waals surface area contributed by atoms with Crippen LogP contribution in [0.3, 0.4) is 0 Å². The first-order chi connectivity index (χ1) is 16.0. The van der Waals surface area contributed by atoms with Crippen LogP contribution in [-0.4, -0.2) is 35.4 Å². The molecule has 8 nitrogen and oxygen atoms in total. The maximum absolute atomic E-state index is 13.2. The Morgan fingerprint density at radius 2 is 1.91 bits per heavy atom. The quantitative estimate of drug-likeness (QED) is 0.348. The van der Waals surface area contributed by atoms with Gasteiger partial charge in [0.2, 0.25) is 5.78 Å². The molecule has 0 saturated heterocycles. The summed E-state index contributed by atoms with van der Waals surface area (Å²) in [5.41, 5.74) is 0.511. The minimum absolute atomic E-state index is 0.0284. The summed E-state index contributed by atoms with van der Waals surface area (Å²) in [4.78, 5) is 27.6. The van der Waals surface area contributed by atoms with E-state index in [1.807, 2.05) is 0 Å². The number of nitrogens with zero attached hydrogens (tertiary/aromatic N) is 1. The van der Waals surface area contributed by atoms with Crippen molar-refractivity contribution in [3.63, 3.8) is 0 Å². The summed E-state index contributed by atoms with van der Waals surface area (Å²) in [7, 11) is 1.52. The van der Waals surface area contributed by atoms with E-state index in [1.165, 1.54) is 30.6 Å². The number of ether oxygens (including phenoxy) is 2. The van der Waals surface area contributed by atoms with Crippen molar-refractivity contribution in [3.05, 3.63) is 83.4 Å². The SMILES string of the molecule is CCCCOc1ccc([C@@H]2C(C(=O)c3ccco3)=C(O)C(=O)N2Cc2ccco2)cc1OC. The van der Waals surface area contributed by atoms with Crippen LogP contribution in [0.15, 0.2) is 75.2 Å². The Morgan fingerprint density at radius 1 is 1.12 bits per heavy atom. The average molecular weight is 451 g/mol. The molecule has 172 valence electrons. The number of hydrogen-bond acceptors (Lipinski definition) is 7. The zero-order valence-electron chi connectivity index (χ0n) is 18.4. The number of carbonyl (C=O) groups excluding carboxylic acids is 2. The van der Waals surface area contributed by atoms with Gasteiger partial charge in [-0.1, -0.05) is 19.4 Å². The first-order valence-corrected chi connectivity index (χ1v) is 10.7.